The van der Waals surface area contributed by atoms with Gasteiger partial charge in [0, 0.05) is 67.0 Å². The van der Waals surface area contributed by atoms with Gasteiger partial charge in [0.05, 0.1) is 27.9 Å². The van der Waals surface area contributed by atoms with E-state index < -0.39 is 76.6 Å². The van der Waals surface area contributed by atoms with Gasteiger partial charge in [-0.25, -0.2) is 13.8 Å². The molecule has 5 aliphatic rings. The molecule has 2 aliphatic heterocycles. The number of aromatic nitrogens is 5. The third-order valence-electron chi connectivity index (χ3n) is 12.5. The van der Waals surface area contributed by atoms with Crippen LogP contribution >= 0.6 is 11.3 Å². The van der Waals surface area contributed by atoms with Gasteiger partial charge >= 0.3 is 12.1 Å². The smallest absolute Gasteiger partial charge is 0.368 e. The molecule has 4 aromatic heterocycles. The van der Waals surface area contributed by atoms with Crippen LogP contribution in [0.2, 0.25) is 0 Å². The number of carbonyl (C=O) groups excluding carboxylic acids is 2. The van der Waals surface area contributed by atoms with E-state index in [1.807, 2.05) is 30.3 Å². The number of halogens is 7. The molecular weight excluding hydrogens is 852 g/mol. The molecule has 0 unspecified atom stereocenters. The highest BCUT2D eigenvalue weighted by molar-refractivity contribution is 7.22. The Kier molecular flexibility index (Phi) is 8.72. The topological polar surface area (TPSA) is 121 Å². The monoisotopic (exact) mass is 883 g/mol. The van der Waals surface area contributed by atoms with E-state index in [-0.39, 0.29) is 29.2 Å². The maximum atomic E-state index is 15.6. The molecule has 63 heavy (non-hydrogen) atoms. The summed E-state index contributed by atoms with van der Waals surface area (Å²) in [5.74, 6) is -5.36. The molecule has 2 aromatic carbocycles. The highest BCUT2D eigenvalue weighted by Crippen LogP contribution is 2.58. The molecule has 320 valence electrons. The van der Waals surface area contributed by atoms with E-state index in [9.17, 15) is 31.5 Å². The minimum absolute atomic E-state index is 0.0836. The summed E-state index contributed by atoms with van der Waals surface area (Å²) < 4.78 is 104. The molecule has 2 amide bonds. The van der Waals surface area contributed by atoms with Crippen molar-refractivity contribution in [2.24, 2.45) is 5.92 Å². The second-order valence-corrected chi connectivity index (χ2v) is 17.5. The zero-order chi connectivity index (χ0) is 43.6. The van der Waals surface area contributed by atoms with E-state index in [0.29, 0.717) is 63.4 Å². The summed E-state index contributed by atoms with van der Waals surface area (Å²) in [4.78, 5) is 45.7. The van der Waals surface area contributed by atoms with Gasteiger partial charge in [-0.05, 0) is 72.4 Å². The van der Waals surface area contributed by atoms with Gasteiger partial charge in [-0.2, -0.15) is 32.0 Å². The Morgan fingerprint density at radius 3 is 2.35 bits per heavy atom. The second kappa shape index (κ2) is 14.0. The molecule has 3 atom stereocenters. The van der Waals surface area contributed by atoms with Crippen LogP contribution in [0.5, 0.6) is 0 Å². The fourth-order valence-corrected chi connectivity index (χ4v) is 10.3. The lowest BCUT2D eigenvalue weighted by molar-refractivity contribution is -0.142. The minimum atomic E-state index is -5.11. The fourth-order valence-electron chi connectivity index (χ4n) is 9.34. The SMILES string of the molecule is O=C(Cn1nc(C(F)(F)F)c2c1C(F)(F)[C@@H]1C#C[C@H]21)N[C@@H](Cc1cc(F)cc(F)c1)c1nc2nc(N3CCN(c4ccncc4)CC3)sc2cc1-c1ccc2c(c1)C(=O)NC21CC1. The van der Waals surface area contributed by atoms with Crippen LogP contribution < -0.4 is 20.4 Å². The molecule has 11 nitrogen and oxygen atoms in total. The number of nitrogens with one attached hydrogen (secondary N) is 2. The van der Waals surface area contributed by atoms with Crippen LogP contribution in [0.3, 0.4) is 0 Å². The van der Waals surface area contributed by atoms with Crippen LogP contribution in [0, 0.1) is 29.4 Å². The average molecular weight is 884 g/mol. The second-order valence-electron chi connectivity index (χ2n) is 16.5. The van der Waals surface area contributed by atoms with Crippen molar-refractivity contribution in [1.82, 2.24) is 35.4 Å². The van der Waals surface area contributed by atoms with Gasteiger partial charge in [0.15, 0.2) is 16.5 Å². The zero-order valence-corrected chi connectivity index (χ0v) is 33.6. The third kappa shape index (κ3) is 6.56. The number of anilines is 2. The fraction of sp³-hybridized carbons (Fsp3) is 0.318. The Morgan fingerprint density at radius 2 is 1.67 bits per heavy atom. The average Bonchev–Trinajstić information content (AvgIpc) is 3.50. The number of pyridine rings is 2. The quantitative estimate of drug-likeness (QED) is 0.115. The van der Waals surface area contributed by atoms with E-state index in [1.165, 1.54) is 11.3 Å². The van der Waals surface area contributed by atoms with E-state index in [0.717, 1.165) is 36.2 Å². The number of hydrogen-bond acceptors (Lipinski definition) is 9. The summed E-state index contributed by atoms with van der Waals surface area (Å²) in [6.45, 7) is 1.60. The summed E-state index contributed by atoms with van der Waals surface area (Å²) in [6.07, 6.45) is -0.374. The maximum Gasteiger partial charge on any atom is 0.435 e. The minimum Gasteiger partial charge on any atom is -0.368 e. The van der Waals surface area contributed by atoms with Crippen LogP contribution in [0.1, 0.15) is 68.9 Å². The zero-order valence-electron chi connectivity index (χ0n) is 32.7. The van der Waals surface area contributed by atoms with E-state index in [1.54, 1.807) is 18.5 Å². The molecule has 6 aromatic rings. The standard InChI is InChI=1S/C44H32F7N9O2S/c45-24-15-22(16-25(46)19-24)17-32(53-34(61)21-60-38-35(37(57-60)44(49,50)51)27-2-4-31(27)43(38,47)48)36-28(23-1-3-30-29(18-23)40(62)56-42(30)7-8-42)20-33-39(54-36)55-41(63-33)59-13-11-58(12-14-59)26-5-9-52-10-6-26/h1,3,5-6,9-10,15-16,18-20,27,31-32H,7-8,11-14,17,21H2,(H,53,61)(H,56,62)/t27-,31+,32-/m0/s1. The summed E-state index contributed by atoms with van der Waals surface area (Å²) in [5, 5.41) is 9.95. The molecule has 19 heteroatoms. The number of fused-ring (bicyclic) bond motifs is 6. The first-order valence-electron chi connectivity index (χ1n) is 20.2. The molecule has 6 heterocycles. The van der Waals surface area contributed by atoms with Gasteiger partial charge in [-0.1, -0.05) is 35.3 Å². The number of rotatable bonds is 9. The first kappa shape index (κ1) is 39.3. The highest BCUT2D eigenvalue weighted by Gasteiger charge is 2.62. The molecule has 1 saturated carbocycles. The number of amides is 2. The van der Waals surface area contributed by atoms with Crippen LogP contribution in [0.25, 0.3) is 21.5 Å². The summed E-state index contributed by atoms with van der Waals surface area (Å²) in [7, 11) is 0. The summed E-state index contributed by atoms with van der Waals surface area (Å²) in [5.41, 5.74) is 0.0211. The molecule has 3 aliphatic carbocycles. The van der Waals surface area contributed by atoms with E-state index in [2.05, 4.69) is 42.4 Å². The predicted octanol–water partition coefficient (Wildman–Crippen LogP) is 7.23. The van der Waals surface area contributed by atoms with Gasteiger partial charge in [0.25, 0.3) is 5.91 Å². The lowest BCUT2D eigenvalue weighted by atomic mass is 9.84. The molecule has 1 saturated heterocycles. The van der Waals surface area contributed by atoms with Crippen molar-refractivity contribution in [3.63, 3.8) is 0 Å². The van der Waals surface area contributed by atoms with E-state index in [4.69, 9.17) is 9.97 Å². The number of alkyl halides is 5. The van der Waals surface area contributed by atoms with Gasteiger partial charge in [-0.3, -0.25) is 19.3 Å². The largest absolute Gasteiger partial charge is 0.435 e. The molecule has 2 fully saturated rings. The van der Waals surface area contributed by atoms with Crippen molar-refractivity contribution >= 4 is 44.3 Å². The normalized spacial score (nSPS) is 20.4. The summed E-state index contributed by atoms with van der Waals surface area (Å²) >= 11 is 1.38. The first-order chi connectivity index (χ1) is 30.1. The van der Waals surface area contributed by atoms with Crippen LogP contribution in [0.15, 0.2) is 67.0 Å². The summed E-state index contributed by atoms with van der Waals surface area (Å²) in [6, 6.07) is 12.6. The molecule has 0 radical (unpaired) electrons. The first-order valence-corrected chi connectivity index (χ1v) is 21.0. The third-order valence-corrected chi connectivity index (χ3v) is 13.5. The van der Waals surface area contributed by atoms with Crippen LogP contribution in [-0.2, 0) is 35.4 Å². The highest BCUT2D eigenvalue weighted by atomic mass is 32.1. The van der Waals surface area contributed by atoms with Crippen molar-refractivity contribution < 1.29 is 40.3 Å². The molecule has 2 N–H and O–H groups in total. The van der Waals surface area contributed by atoms with Crippen LogP contribution in [-0.4, -0.2) is 62.7 Å². The van der Waals surface area contributed by atoms with Gasteiger partial charge < -0.3 is 20.4 Å². The van der Waals surface area contributed by atoms with Crippen molar-refractivity contribution in [2.75, 3.05) is 36.0 Å². The number of nitrogens with zero attached hydrogens (tertiary/aromatic N) is 7. The Morgan fingerprint density at radius 1 is 0.937 bits per heavy atom. The lowest BCUT2D eigenvalue weighted by Crippen LogP contribution is -2.46. The molecular formula is C44H32F7N9O2S. The van der Waals surface area contributed by atoms with Gasteiger partial charge in [-0.15, -0.1) is 0 Å². The number of piperazine rings is 1. The lowest BCUT2D eigenvalue weighted by Gasteiger charge is -2.35. The number of thiazole rings is 1. The maximum absolute atomic E-state index is 15.6. The predicted molar refractivity (Wildman–Crippen MR) is 216 cm³/mol. The van der Waals surface area contributed by atoms with Gasteiger partial charge in [0.2, 0.25) is 5.91 Å². The van der Waals surface area contributed by atoms with E-state index >= 15 is 8.78 Å². The number of benzene rings is 2. The van der Waals surface area contributed by atoms with Crippen molar-refractivity contribution in [1.29, 1.82) is 0 Å². The molecule has 11 rings (SSSR count). The Labute approximate surface area is 357 Å². The molecule has 0 bridgehead atoms. The Balaban J connectivity index is 0.996. The Bertz CT molecular complexity index is 2950. The van der Waals surface area contributed by atoms with Crippen LogP contribution in [0.4, 0.5) is 41.6 Å². The van der Waals surface area contributed by atoms with Gasteiger partial charge in [0.1, 0.15) is 29.8 Å². The van der Waals surface area contributed by atoms with Crippen molar-refractivity contribution in [3.8, 4) is 23.0 Å². The van der Waals surface area contributed by atoms with Crippen molar-refractivity contribution in [2.45, 2.75) is 55.4 Å². The molecule has 1 spiro atoms. The van der Waals surface area contributed by atoms with Crippen molar-refractivity contribution in [3.05, 3.63) is 118 Å². The Hall–Kier alpha value is -6.55. The number of carbonyl (C=O) groups is 2. The number of hydrogen-bond donors (Lipinski definition) is 2.